The van der Waals surface area contributed by atoms with Gasteiger partial charge < -0.3 is 9.47 Å². The topological polar surface area (TPSA) is 52.6 Å². The average molecular weight is 296 g/mol. The van der Waals surface area contributed by atoms with Crippen molar-refractivity contribution in [2.75, 3.05) is 0 Å². The number of rotatable bonds is 3. The molecular weight excluding hydrogens is 280 g/mol. The van der Waals surface area contributed by atoms with Crippen molar-refractivity contribution in [1.82, 2.24) is 0 Å². The first-order valence-corrected chi connectivity index (χ1v) is 7.36. The fourth-order valence-corrected chi connectivity index (χ4v) is 2.46. The summed E-state index contributed by atoms with van der Waals surface area (Å²) in [6.45, 7) is 2.09. The molecule has 112 valence electrons. The Bertz CT molecular complexity index is 734. The largest absolute Gasteiger partial charge is 0.419 e. The van der Waals surface area contributed by atoms with E-state index in [-0.39, 0.29) is 11.1 Å². The van der Waals surface area contributed by atoms with Crippen LogP contribution in [0.4, 0.5) is 0 Å². The summed E-state index contributed by atoms with van der Waals surface area (Å²) in [7, 11) is 0. The first kappa shape index (κ1) is 14.3. The Morgan fingerprint density at radius 2 is 1.55 bits per heavy atom. The predicted molar refractivity (Wildman–Crippen MR) is 81.4 cm³/mol. The lowest BCUT2D eigenvalue weighted by molar-refractivity contribution is 0.0646. The molecule has 4 nitrogen and oxygen atoms in total. The first-order valence-electron chi connectivity index (χ1n) is 7.36. The van der Waals surface area contributed by atoms with Crippen molar-refractivity contribution in [3.63, 3.8) is 0 Å². The quantitative estimate of drug-likeness (QED) is 0.639. The Labute approximate surface area is 128 Å². The lowest BCUT2D eigenvalue weighted by Gasteiger charge is -2.18. The molecule has 2 aromatic carbocycles. The Morgan fingerprint density at radius 1 is 0.864 bits per heavy atom. The maximum atomic E-state index is 12.4. The maximum absolute atomic E-state index is 12.4. The standard InChI is InChI=1S/C18H16O4/c1-2-3-7-12-8-6-11-15-16(12)22-18(20)14-10-5-4-9-13(14)17(19)21-15/h4-6,8-11H,2-3,7H2,1H3. The van der Waals surface area contributed by atoms with Crippen molar-refractivity contribution in [3.8, 4) is 11.5 Å². The number of aryl methyl sites for hydroxylation is 1. The van der Waals surface area contributed by atoms with Crippen molar-refractivity contribution in [2.45, 2.75) is 26.2 Å². The fourth-order valence-electron chi connectivity index (χ4n) is 2.46. The molecule has 0 radical (unpaired) electrons. The van der Waals surface area contributed by atoms with Crippen LogP contribution < -0.4 is 9.47 Å². The number of fused-ring (bicyclic) bond motifs is 2. The molecule has 0 aliphatic carbocycles. The van der Waals surface area contributed by atoms with Crippen LogP contribution in [0.5, 0.6) is 11.5 Å². The van der Waals surface area contributed by atoms with Crippen molar-refractivity contribution in [1.29, 1.82) is 0 Å². The molecule has 3 rings (SSSR count). The smallest absolute Gasteiger partial charge is 0.344 e. The second-order valence-electron chi connectivity index (χ2n) is 5.17. The number of ether oxygens (including phenoxy) is 2. The molecule has 0 spiro atoms. The minimum atomic E-state index is -0.541. The van der Waals surface area contributed by atoms with Gasteiger partial charge >= 0.3 is 11.9 Å². The number of benzene rings is 2. The summed E-state index contributed by atoms with van der Waals surface area (Å²) < 4.78 is 10.9. The zero-order chi connectivity index (χ0) is 15.5. The Morgan fingerprint density at radius 3 is 2.23 bits per heavy atom. The number of hydrogen-bond donors (Lipinski definition) is 0. The zero-order valence-corrected chi connectivity index (χ0v) is 12.3. The average Bonchev–Trinajstić information content (AvgIpc) is 2.53. The molecule has 4 heteroatoms. The van der Waals surface area contributed by atoms with E-state index in [0.29, 0.717) is 11.5 Å². The van der Waals surface area contributed by atoms with Gasteiger partial charge in [0.2, 0.25) is 0 Å². The molecule has 1 heterocycles. The van der Waals surface area contributed by atoms with E-state index in [1.807, 2.05) is 6.07 Å². The number of carbonyl (C=O) groups is 2. The molecule has 0 atom stereocenters. The van der Waals surface area contributed by atoms with Crippen LogP contribution >= 0.6 is 0 Å². The van der Waals surface area contributed by atoms with Crippen molar-refractivity contribution in [3.05, 3.63) is 59.2 Å². The monoisotopic (exact) mass is 296 g/mol. The lowest BCUT2D eigenvalue weighted by Crippen LogP contribution is -2.21. The number of para-hydroxylation sites is 1. The van der Waals surface area contributed by atoms with Crippen LogP contribution in [-0.4, -0.2) is 11.9 Å². The Balaban J connectivity index is 2.06. The molecule has 1 aliphatic rings. The van der Waals surface area contributed by atoms with Gasteiger partial charge in [-0.3, -0.25) is 0 Å². The van der Waals surface area contributed by atoms with Gasteiger partial charge in [0.05, 0.1) is 11.1 Å². The van der Waals surface area contributed by atoms with Crippen LogP contribution in [0.1, 0.15) is 46.0 Å². The molecule has 0 fully saturated rings. The second kappa shape index (κ2) is 6.02. The zero-order valence-electron chi connectivity index (χ0n) is 12.3. The fraction of sp³-hybridized carbons (Fsp3) is 0.222. The van der Waals surface area contributed by atoms with E-state index in [4.69, 9.17) is 9.47 Å². The number of esters is 2. The minimum absolute atomic E-state index is 0.220. The van der Waals surface area contributed by atoms with Crippen molar-refractivity contribution in [2.24, 2.45) is 0 Å². The Kier molecular flexibility index (Phi) is 3.92. The summed E-state index contributed by atoms with van der Waals surface area (Å²) in [4.78, 5) is 24.6. The molecule has 0 N–H and O–H groups in total. The van der Waals surface area contributed by atoms with Crippen LogP contribution in [0.2, 0.25) is 0 Å². The van der Waals surface area contributed by atoms with Gasteiger partial charge in [0.15, 0.2) is 11.5 Å². The molecule has 0 bridgehead atoms. The van der Waals surface area contributed by atoms with E-state index in [1.54, 1.807) is 36.4 Å². The van der Waals surface area contributed by atoms with E-state index in [9.17, 15) is 9.59 Å². The van der Waals surface area contributed by atoms with Gasteiger partial charge in [0, 0.05) is 0 Å². The number of hydrogen-bond acceptors (Lipinski definition) is 4. The van der Waals surface area contributed by atoms with Gasteiger partial charge in [0.1, 0.15) is 0 Å². The summed E-state index contributed by atoms with van der Waals surface area (Å²) in [5.41, 5.74) is 1.32. The lowest BCUT2D eigenvalue weighted by atomic mass is 10.0. The molecule has 1 aliphatic heterocycles. The first-order chi connectivity index (χ1) is 10.7. The van der Waals surface area contributed by atoms with E-state index < -0.39 is 11.9 Å². The highest BCUT2D eigenvalue weighted by Crippen LogP contribution is 2.35. The number of carbonyl (C=O) groups excluding carboxylic acids is 2. The maximum Gasteiger partial charge on any atom is 0.344 e. The molecular formula is C18H16O4. The van der Waals surface area contributed by atoms with Gasteiger partial charge in [-0.1, -0.05) is 37.6 Å². The minimum Gasteiger partial charge on any atom is -0.419 e. The summed E-state index contributed by atoms with van der Waals surface area (Å²) >= 11 is 0. The van der Waals surface area contributed by atoms with Gasteiger partial charge in [-0.2, -0.15) is 0 Å². The molecule has 0 saturated heterocycles. The third-order valence-electron chi connectivity index (χ3n) is 3.62. The van der Waals surface area contributed by atoms with Crippen LogP contribution in [0, 0.1) is 0 Å². The Hall–Kier alpha value is -2.62. The predicted octanol–water partition coefficient (Wildman–Crippen LogP) is 3.78. The molecule has 2 aromatic rings. The van der Waals surface area contributed by atoms with E-state index in [0.717, 1.165) is 24.8 Å². The third-order valence-corrected chi connectivity index (χ3v) is 3.62. The second-order valence-corrected chi connectivity index (χ2v) is 5.17. The van der Waals surface area contributed by atoms with Crippen LogP contribution in [0.15, 0.2) is 42.5 Å². The molecule has 0 unspecified atom stereocenters. The summed E-state index contributed by atoms with van der Waals surface area (Å²) in [6, 6.07) is 11.8. The summed E-state index contributed by atoms with van der Waals surface area (Å²) in [5.74, 6) is -0.427. The van der Waals surface area contributed by atoms with E-state index >= 15 is 0 Å². The van der Waals surface area contributed by atoms with Crippen LogP contribution in [0.25, 0.3) is 0 Å². The molecule has 0 aromatic heterocycles. The highest BCUT2D eigenvalue weighted by molar-refractivity contribution is 6.05. The van der Waals surface area contributed by atoms with Gasteiger partial charge in [-0.25, -0.2) is 9.59 Å². The van der Waals surface area contributed by atoms with E-state index in [1.165, 1.54) is 0 Å². The van der Waals surface area contributed by atoms with Crippen molar-refractivity contribution < 1.29 is 19.1 Å². The highest BCUT2D eigenvalue weighted by Gasteiger charge is 2.26. The van der Waals surface area contributed by atoms with E-state index in [2.05, 4.69) is 6.92 Å². The molecule has 0 saturated carbocycles. The van der Waals surface area contributed by atoms with Crippen LogP contribution in [-0.2, 0) is 6.42 Å². The van der Waals surface area contributed by atoms with Crippen molar-refractivity contribution >= 4 is 11.9 Å². The number of unbranched alkanes of at least 4 members (excludes halogenated alkanes) is 1. The van der Waals surface area contributed by atoms with Crippen LogP contribution in [0.3, 0.4) is 0 Å². The normalized spacial score (nSPS) is 13.3. The summed E-state index contributed by atoms with van der Waals surface area (Å²) in [5, 5.41) is 0. The SMILES string of the molecule is CCCCc1cccc2c1OC(=O)c1ccccc1C(=O)O2. The highest BCUT2D eigenvalue weighted by atomic mass is 16.6. The van der Waals surface area contributed by atoms with Gasteiger partial charge in [0.25, 0.3) is 0 Å². The molecule has 22 heavy (non-hydrogen) atoms. The third kappa shape index (κ3) is 2.60. The van der Waals surface area contributed by atoms with Gasteiger partial charge in [-0.05, 0) is 36.6 Å². The summed E-state index contributed by atoms with van der Waals surface area (Å²) in [6.07, 6.45) is 2.77. The van der Waals surface area contributed by atoms with Gasteiger partial charge in [-0.15, -0.1) is 0 Å². The molecule has 0 amide bonds.